The van der Waals surface area contributed by atoms with Gasteiger partial charge in [0.2, 0.25) is 0 Å². The molecule has 10 nitrogen and oxygen atoms in total. The van der Waals surface area contributed by atoms with Crippen molar-refractivity contribution in [1.82, 2.24) is 9.80 Å². The van der Waals surface area contributed by atoms with Crippen LogP contribution in [0.15, 0.2) is 36.4 Å². The minimum absolute atomic E-state index is 0. The Morgan fingerprint density at radius 1 is 0.684 bits per heavy atom. The molecule has 210 valence electrons. The van der Waals surface area contributed by atoms with Crippen LogP contribution in [0.2, 0.25) is 0 Å². The Kier molecular flexibility index (Phi) is 12.0. The summed E-state index contributed by atoms with van der Waals surface area (Å²) >= 11 is 0. The van der Waals surface area contributed by atoms with Gasteiger partial charge in [-0.25, -0.2) is 9.59 Å². The van der Waals surface area contributed by atoms with Gasteiger partial charge in [-0.05, 0) is 38.4 Å². The largest absolute Gasteiger partial charge is 0.496 e. The zero-order valence-electron chi connectivity index (χ0n) is 22.8. The van der Waals surface area contributed by atoms with Gasteiger partial charge in [-0.15, -0.1) is 12.4 Å². The van der Waals surface area contributed by atoms with Crippen LogP contribution >= 0.6 is 12.4 Å². The van der Waals surface area contributed by atoms with E-state index in [0.29, 0.717) is 17.1 Å². The van der Waals surface area contributed by atoms with Crippen molar-refractivity contribution in [2.24, 2.45) is 0 Å². The number of likely N-dealkylation sites (N-methyl/N-ethyl adjacent to an activating group) is 2. The quantitative estimate of drug-likeness (QED) is 0.541. The number of methoxy groups -OCH3 is 3. The Labute approximate surface area is 231 Å². The summed E-state index contributed by atoms with van der Waals surface area (Å²) in [5.74, 6) is -0.360. The molecule has 2 fully saturated rings. The number of aromatic carboxylic acids is 1. The smallest absolute Gasteiger partial charge is 0.341 e. The molecule has 0 radical (unpaired) electrons. The highest BCUT2D eigenvalue weighted by atomic mass is 35.5. The molecule has 4 rings (SSSR count). The molecule has 0 bridgehead atoms. The molecule has 0 unspecified atom stereocenters. The van der Waals surface area contributed by atoms with Crippen molar-refractivity contribution in [3.8, 4) is 11.5 Å². The third kappa shape index (κ3) is 7.89. The van der Waals surface area contributed by atoms with Crippen molar-refractivity contribution in [3.05, 3.63) is 47.5 Å². The minimum Gasteiger partial charge on any atom is -0.496 e. The van der Waals surface area contributed by atoms with Crippen LogP contribution in [0.25, 0.3) is 0 Å². The third-order valence-electron chi connectivity index (χ3n) is 6.74. The van der Waals surface area contributed by atoms with Crippen LogP contribution in [0.3, 0.4) is 0 Å². The molecule has 0 spiro atoms. The monoisotopic (exact) mass is 550 g/mol. The van der Waals surface area contributed by atoms with Crippen molar-refractivity contribution < 1.29 is 28.9 Å². The summed E-state index contributed by atoms with van der Waals surface area (Å²) in [5.41, 5.74) is 2.76. The summed E-state index contributed by atoms with van der Waals surface area (Å²) in [6.07, 6.45) is 0. The number of nitrogens with zero attached hydrogens (tertiary/aromatic N) is 4. The number of carboxylic acid groups (broad SMARTS) is 1. The SMILES string of the molecule is COC(=O)c1ccc(N2CCN(C)CC2)cc1OC.COc1cc(N2CCN(C)CC2)ccc1C(=O)O.Cl. The topological polar surface area (TPSA) is 95.0 Å². The normalized spacial score (nSPS) is 16.0. The number of ether oxygens (including phenoxy) is 3. The summed E-state index contributed by atoms with van der Waals surface area (Å²) in [7, 11) is 8.66. The molecule has 1 N–H and O–H groups in total. The van der Waals surface area contributed by atoms with Crippen molar-refractivity contribution in [2.45, 2.75) is 0 Å². The van der Waals surface area contributed by atoms with Crippen LogP contribution in [-0.4, -0.2) is 115 Å². The average molecular weight is 551 g/mol. The van der Waals surface area contributed by atoms with Crippen molar-refractivity contribution in [3.63, 3.8) is 0 Å². The number of carbonyl (C=O) groups is 2. The molecule has 0 amide bonds. The molecule has 0 atom stereocenters. The molecule has 2 aliphatic heterocycles. The van der Waals surface area contributed by atoms with E-state index in [1.54, 1.807) is 25.3 Å². The van der Waals surface area contributed by atoms with E-state index in [1.807, 2.05) is 18.2 Å². The molecule has 2 saturated heterocycles. The third-order valence-corrected chi connectivity index (χ3v) is 6.74. The zero-order valence-corrected chi connectivity index (χ0v) is 23.6. The molecule has 2 aromatic rings. The Hall–Kier alpha value is -3.21. The fraction of sp³-hybridized carbons (Fsp3) is 0.481. The molecule has 2 aliphatic rings. The lowest BCUT2D eigenvalue weighted by Gasteiger charge is -2.34. The highest BCUT2D eigenvalue weighted by Gasteiger charge is 2.19. The maximum Gasteiger partial charge on any atom is 0.341 e. The molecular formula is C27H39ClN4O6. The summed E-state index contributed by atoms with van der Waals surface area (Å²) in [6.45, 7) is 7.99. The zero-order chi connectivity index (χ0) is 26.9. The van der Waals surface area contributed by atoms with Gasteiger partial charge >= 0.3 is 11.9 Å². The van der Waals surface area contributed by atoms with E-state index in [2.05, 4.69) is 33.7 Å². The number of halogens is 1. The lowest BCUT2D eigenvalue weighted by Crippen LogP contribution is -2.44. The Balaban J connectivity index is 0.000000260. The van der Waals surface area contributed by atoms with Crippen LogP contribution < -0.4 is 19.3 Å². The van der Waals surface area contributed by atoms with E-state index in [-0.39, 0.29) is 23.9 Å². The Morgan fingerprint density at radius 3 is 1.45 bits per heavy atom. The molecule has 0 aromatic heterocycles. The lowest BCUT2D eigenvalue weighted by molar-refractivity contribution is 0.0596. The molecule has 2 aromatic carbocycles. The maximum atomic E-state index is 11.6. The first-order valence-electron chi connectivity index (χ1n) is 12.3. The van der Waals surface area contributed by atoms with Gasteiger partial charge in [0.05, 0.1) is 21.3 Å². The molecule has 2 heterocycles. The standard InChI is InChI=1S/C14H20N2O3.C13H18N2O3.ClH/c1-15-6-8-16(9-7-15)11-4-5-12(14(17)19-3)13(10-11)18-2;1-14-5-7-15(8-6-14)10-3-4-11(13(16)17)12(9-10)18-2;/h4-5,10H,6-9H2,1-3H3;3-4,9H,5-8H2,1-2H3,(H,16,17);1H. The second kappa shape index (κ2) is 14.7. The van der Waals surface area contributed by atoms with Gasteiger partial charge in [0.15, 0.2) is 0 Å². The molecule has 38 heavy (non-hydrogen) atoms. The first-order chi connectivity index (χ1) is 17.8. The van der Waals surface area contributed by atoms with Crippen LogP contribution in [0, 0.1) is 0 Å². The van der Waals surface area contributed by atoms with Crippen molar-refractivity contribution in [1.29, 1.82) is 0 Å². The number of hydrogen-bond acceptors (Lipinski definition) is 9. The van der Waals surface area contributed by atoms with E-state index >= 15 is 0 Å². The van der Waals surface area contributed by atoms with E-state index < -0.39 is 5.97 Å². The van der Waals surface area contributed by atoms with Gasteiger partial charge in [-0.2, -0.15) is 0 Å². The van der Waals surface area contributed by atoms with E-state index in [4.69, 9.17) is 19.3 Å². The molecule has 11 heteroatoms. The van der Waals surface area contributed by atoms with E-state index in [0.717, 1.165) is 63.7 Å². The first kappa shape index (κ1) is 31.0. The minimum atomic E-state index is -0.961. The van der Waals surface area contributed by atoms with Crippen LogP contribution in [0.4, 0.5) is 11.4 Å². The summed E-state index contributed by atoms with van der Waals surface area (Å²) < 4.78 is 15.2. The number of esters is 1. The maximum absolute atomic E-state index is 11.6. The number of anilines is 2. The number of piperazine rings is 2. The fourth-order valence-corrected chi connectivity index (χ4v) is 4.34. The fourth-order valence-electron chi connectivity index (χ4n) is 4.34. The lowest BCUT2D eigenvalue weighted by atomic mass is 10.1. The highest BCUT2D eigenvalue weighted by Crippen LogP contribution is 2.28. The van der Waals surface area contributed by atoms with Crippen molar-refractivity contribution in [2.75, 3.05) is 97.6 Å². The number of carbonyl (C=O) groups excluding carboxylic acids is 1. The Morgan fingerprint density at radius 2 is 1.08 bits per heavy atom. The predicted octanol–water partition coefficient (Wildman–Crippen LogP) is 2.80. The Bertz CT molecular complexity index is 1070. The van der Waals surface area contributed by atoms with Gasteiger partial charge in [-0.3, -0.25) is 0 Å². The van der Waals surface area contributed by atoms with Gasteiger partial charge in [0.25, 0.3) is 0 Å². The van der Waals surface area contributed by atoms with E-state index in [1.165, 1.54) is 14.2 Å². The van der Waals surface area contributed by atoms with E-state index in [9.17, 15) is 9.59 Å². The van der Waals surface area contributed by atoms with Gasteiger partial charge in [-0.1, -0.05) is 0 Å². The van der Waals surface area contributed by atoms with Crippen LogP contribution in [0.5, 0.6) is 11.5 Å². The summed E-state index contributed by atoms with van der Waals surface area (Å²) in [5, 5.41) is 9.03. The van der Waals surface area contributed by atoms with Crippen LogP contribution in [-0.2, 0) is 4.74 Å². The van der Waals surface area contributed by atoms with Gasteiger partial charge in [0.1, 0.15) is 22.6 Å². The molecular weight excluding hydrogens is 512 g/mol. The van der Waals surface area contributed by atoms with Crippen molar-refractivity contribution >= 4 is 35.7 Å². The van der Waals surface area contributed by atoms with Gasteiger partial charge in [0, 0.05) is 75.9 Å². The second-order valence-corrected chi connectivity index (χ2v) is 9.15. The van der Waals surface area contributed by atoms with Crippen LogP contribution in [0.1, 0.15) is 20.7 Å². The molecule has 0 saturated carbocycles. The summed E-state index contributed by atoms with van der Waals surface area (Å²) in [6, 6.07) is 10.9. The highest BCUT2D eigenvalue weighted by molar-refractivity contribution is 5.93. The molecule has 0 aliphatic carbocycles. The number of rotatable bonds is 6. The van der Waals surface area contributed by atoms with Gasteiger partial charge < -0.3 is 38.9 Å². The average Bonchev–Trinajstić information content (AvgIpc) is 2.93. The second-order valence-electron chi connectivity index (χ2n) is 9.15. The number of carboxylic acids is 1. The number of hydrogen-bond donors (Lipinski definition) is 1. The number of benzene rings is 2. The summed E-state index contributed by atoms with van der Waals surface area (Å²) in [4.78, 5) is 31.7. The predicted molar refractivity (Wildman–Crippen MR) is 151 cm³/mol. The first-order valence-corrected chi connectivity index (χ1v) is 12.3.